The lowest BCUT2D eigenvalue weighted by Gasteiger charge is -2.08. The smallest absolute Gasteiger partial charge is 0.258 e. The van der Waals surface area contributed by atoms with Crippen LogP contribution >= 0.6 is 0 Å². The molecule has 0 saturated carbocycles. The summed E-state index contributed by atoms with van der Waals surface area (Å²) in [6.45, 7) is 4.91. The van der Waals surface area contributed by atoms with Gasteiger partial charge in [-0.1, -0.05) is 6.92 Å². The maximum Gasteiger partial charge on any atom is 0.258 e. The highest BCUT2D eigenvalue weighted by Crippen LogP contribution is 2.17. The lowest BCUT2D eigenvalue weighted by atomic mass is 10.3. The number of hydrogen-bond donors (Lipinski definition) is 2. The molecule has 0 spiro atoms. The number of rotatable bonds is 9. The van der Waals surface area contributed by atoms with Crippen molar-refractivity contribution in [2.75, 3.05) is 26.3 Å². The summed E-state index contributed by atoms with van der Waals surface area (Å²) >= 11 is 0. The van der Waals surface area contributed by atoms with Crippen molar-refractivity contribution in [2.24, 2.45) is 0 Å². The molecule has 0 radical (unpaired) electrons. The zero-order valence-corrected chi connectivity index (χ0v) is 12.5. The van der Waals surface area contributed by atoms with E-state index in [1.165, 1.54) is 0 Å². The van der Waals surface area contributed by atoms with E-state index in [4.69, 9.17) is 9.47 Å². The molecule has 1 aromatic carbocycles. The number of carbonyl (C=O) groups excluding carboxylic acids is 2. The Kier molecular flexibility index (Phi) is 7.71. The van der Waals surface area contributed by atoms with Crippen molar-refractivity contribution >= 4 is 11.8 Å². The molecule has 0 aliphatic rings. The molecule has 2 amide bonds. The van der Waals surface area contributed by atoms with Crippen LogP contribution in [-0.4, -0.2) is 38.1 Å². The van der Waals surface area contributed by atoms with Crippen molar-refractivity contribution in [3.63, 3.8) is 0 Å². The van der Waals surface area contributed by atoms with E-state index in [0.29, 0.717) is 18.9 Å². The Morgan fingerprint density at radius 1 is 0.952 bits per heavy atom. The second-order valence-corrected chi connectivity index (χ2v) is 4.32. The molecule has 0 aromatic heterocycles. The number of amides is 2. The van der Waals surface area contributed by atoms with Gasteiger partial charge in [-0.3, -0.25) is 9.59 Å². The van der Waals surface area contributed by atoms with E-state index >= 15 is 0 Å². The SMILES string of the molecule is CCCNC(=O)CNC(=O)COc1ccc(OCC)cc1. The van der Waals surface area contributed by atoms with Crippen LogP contribution in [-0.2, 0) is 9.59 Å². The zero-order chi connectivity index (χ0) is 15.5. The fourth-order valence-corrected chi connectivity index (χ4v) is 1.50. The Morgan fingerprint density at radius 2 is 1.57 bits per heavy atom. The first-order valence-electron chi connectivity index (χ1n) is 7.04. The molecule has 21 heavy (non-hydrogen) atoms. The lowest BCUT2D eigenvalue weighted by molar-refractivity contribution is -0.127. The van der Waals surface area contributed by atoms with Crippen LogP contribution < -0.4 is 20.1 Å². The maximum atomic E-state index is 11.5. The van der Waals surface area contributed by atoms with Crippen LogP contribution in [0.15, 0.2) is 24.3 Å². The van der Waals surface area contributed by atoms with Crippen molar-refractivity contribution in [1.82, 2.24) is 10.6 Å². The summed E-state index contributed by atoms with van der Waals surface area (Å²) < 4.78 is 10.6. The van der Waals surface area contributed by atoms with E-state index in [0.717, 1.165) is 12.2 Å². The fraction of sp³-hybridized carbons (Fsp3) is 0.467. The van der Waals surface area contributed by atoms with Crippen molar-refractivity contribution in [2.45, 2.75) is 20.3 Å². The normalized spacial score (nSPS) is 9.81. The van der Waals surface area contributed by atoms with Gasteiger partial charge in [0.1, 0.15) is 11.5 Å². The second kappa shape index (κ2) is 9.63. The summed E-state index contributed by atoms with van der Waals surface area (Å²) in [6.07, 6.45) is 0.862. The van der Waals surface area contributed by atoms with Gasteiger partial charge in [-0.25, -0.2) is 0 Å². The Balaban J connectivity index is 2.24. The molecule has 0 fully saturated rings. The molecule has 0 unspecified atom stereocenters. The standard InChI is InChI=1S/C15H22N2O4/c1-3-9-16-14(18)10-17-15(19)11-21-13-7-5-12(6-8-13)20-4-2/h5-8H,3-4,9-11H2,1-2H3,(H,16,18)(H,17,19). The summed E-state index contributed by atoms with van der Waals surface area (Å²) in [5.41, 5.74) is 0. The molecule has 1 rings (SSSR count). The molecule has 6 heteroatoms. The van der Waals surface area contributed by atoms with E-state index in [1.54, 1.807) is 24.3 Å². The summed E-state index contributed by atoms with van der Waals surface area (Å²) in [6, 6.07) is 7.00. The molecule has 2 N–H and O–H groups in total. The Morgan fingerprint density at radius 3 is 2.14 bits per heavy atom. The first-order valence-corrected chi connectivity index (χ1v) is 7.04. The third kappa shape index (κ3) is 7.20. The van der Waals surface area contributed by atoms with Crippen LogP contribution in [0.2, 0.25) is 0 Å². The summed E-state index contributed by atoms with van der Waals surface area (Å²) in [5.74, 6) is 0.785. The largest absolute Gasteiger partial charge is 0.494 e. The van der Waals surface area contributed by atoms with Gasteiger partial charge in [0, 0.05) is 6.54 Å². The zero-order valence-electron chi connectivity index (χ0n) is 12.5. The Hall–Kier alpha value is -2.24. The third-order valence-corrected chi connectivity index (χ3v) is 2.52. The van der Waals surface area contributed by atoms with Crippen LogP contribution in [0, 0.1) is 0 Å². The molecule has 0 saturated heterocycles. The number of carbonyl (C=O) groups is 2. The first kappa shape index (κ1) is 16.8. The molecular formula is C15H22N2O4. The van der Waals surface area contributed by atoms with E-state index < -0.39 is 0 Å². The lowest BCUT2D eigenvalue weighted by Crippen LogP contribution is -2.39. The number of nitrogens with one attached hydrogen (secondary N) is 2. The molecule has 0 aliphatic carbocycles. The first-order chi connectivity index (χ1) is 10.2. The van der Waals surface area contributed by atoms with Crippen LogP contribution in [0.25, 0.3) is 0 Å². The predicted octanol–water partition coefficient (Wildman–Crippen LogP) is 1.11. The second-order valence-electron chi connectivity index (χ2n) is 4.32. The average Bonchev–Trinajstić information content (AvgIpc) is 2.50. The summed E-state index contributed by atoms with van der Waals surface area (Å²) in [4.78, 5) is 22.8. The Bertz CT molecular complexity index is 445. The average molecular weight is 294 g/mol. The van der Waals surface area contributed by atoms with Crippen LogP contribution in [0.1, 0.15) is 20.3 Å². The van der Waals surface area contributed by atoms with Crippen molar-refractivity contribution in [3.05, 3.63) is 24.3 Å². The van der Waals surface area contributed by atoms with Gasteiger partial charge >= 0.3 is 0 Å². The molecule has 116 valence electrons. The monoisotopic (exact) mass is 294 g/mol. The van der Waals surface area contributed by atoms with Crippen LogP contribution in [0.4, 0.5) is 0 Å². The van der Waals surface area contributed by atoms with E-state index in [2.05, 4.69) is 10.6 Å². The highest BCUT2D eigenvalue weighted by atomic mass is 16.5. The van der Waals surface area contributed by atoms with Gasteiger partial charge < -0.3 is 20.1 Å². The van der Waals surface area contributed by atoms with Crippen LogP contribution in [0.5, 0.6) is 11.5 Å². The van der Waals surface area contributed by atoms with Gasteiger partial charge in [0.2, 0.25) is 5.91 Å². The minimum absolute atomic E-state index is 0.0362. The van der Waals surface area contributed by atoms with Gasteiger partial charge in [0.25, 0.3) is 5.91 Å². The molecule has 0 atom stereocenters. The molecule has 0 aliphatic heterocycles. The number of benzene rings is 1. The highest BCUT2D eigenvalue weighted by Gasteiger charge is 2.06. The van der Waals surface area contributed by atoms with Crippen molar-refractivity contribution < 1.29 is 19.1 Å². The minimum Gasteiger partial charge on any atom is -0.494 e. The Labute approximate surface area is 124 Å². The van der Waals surface area contributed by atoms with Gasteiger partial charge in [-0.15, -0.1) is 0 Å². The van der Waals surface area contributed by atoms with E-state index in [9.17, 15) is 9.59 Å². The highest BCUT2D eigenvalue weighted by molar-refractivity contribution is 5.85. The topological polar surface area (TPSA) is 76.7 Å². The quantitative estimate of drug-likeness (QED) is 0.715. The molecular weight excluding hydrogens is 272 g/mol. The number of ether oxygens (including phenoxy) is 2. The van der Waals surface area contributed by atoms with Crippen molar-refractivity contribution in [3.8, 4) is 11.5 Å². The molecule has 0 heterocycles. The van der Waals surface area contributed by atoms with Gasteiger partial charge in [-0.2, -0.15) is 0 Å². The molecule has 1 aromatic rings. The maximum absolute atomic E-state index is 11.5. The van der Waals surface area contributed by atoms with Gasteiger partial charge in [0.05, 0.1) is 13.2 Å². The molecule has 6 nitrogen and oxygen atoms in total. The predicted molar refractivity (Wildman–Crippen MR) is 79.4 cm³/mol. The van der Waals surface area contributed by atoms with Gasteiger partial charge in [-0.05, 0) is 37.6 Å². The van der Waals surface area contributed by atoms with E-state index in [-0.39, 0.29) is 25.0 Å². The van der Waals surface area contributed by atoms with Crippen LogP contribution in [0.3, 0.4) is 0 Å². The third-order valence-electron chi connectivity index (χ3n) is 2.52. The van der Waals surface area contributed by atoms with Crippen molar-refractivity contribution in [1.29, 1.82) is 0 Å². The fourth-order valence-electron chi connectivity index (χ4n) is 1.50. The summed E-state index contributed by atoms with van der Waals surface area (Å²) in [5, 5.41) is 5.16. The van der Waals surface area contributed by atoms with Gasteiger partial charge in [0.15, 0.2) is 6.61 Å². The minimum atomic E-state index is -0.337. The van der Waals surface area contributed by atoms with E-state index in [1.807, 2.05) is 13.8 Å². The molecule has 0 bridgehead atoms. The summed E-state index contributed by atoms with van der Waals surface area (Å²) in [7, 11) is 0. The number of hydrogen-bond acceptors (Lipinski definition) is 4.